The summed E-state index contributed by atoms with van der Waals surface area (Å²) in [6, 6.07) is 71.0. The summed E-state index contributed by atoms with van der Waals surface area (Å²) in [5.41, 5.74) is 17.8. The van der Waals surface area contributed by atoms with E-state index >= 15 is 0 Å². The maximum absolute atomic E-state index is 2.38. The van der Waals surface area contributed by atoms with Crippen LogP contribution >= 0.6 is 0 Å². The van der Waals surface area contributed by atoms with Crippen LogP contribution in [0, 0.1) is 0 Å². The average Bonchev–Trinajstić information content (AvgIpc) is 3.56. The van der Waals surface area contributed by atoms with Crippen molar-refractivity contribution < 1.29 is 0 Å². The van der Waals surface area contributed by atoms with Crippen LogP contribution in [0.1, 0.15) is 13.8 Å². The highest BCUT2D eigenvalue weighted by Crippen LogP contribution is 2.58. The van der Waals surface area contributed by atoms with Crippen molar-refractivity contribution in [1.29, 1.82) is 0 Å². The van der Waals surface area contributed by atoms with Gasteiger partial charge in [-0.2, -0.15) is 0 Å². The summed E-state index contributed by atoms with van der Waals surface area (Å²) in [4.78, 5) is 0. The molecule has 52 heavy (non-hydrogen) atoms. The van der Waals surface area contributed by atoms with Gasteiger partial charge in [0.2, 0.25) is 0 Å². The minimum atomic E-state index is 1.22. The quantitative estimate of drug-likeness (QED) is 0.172. The summed E-state index contributed by atoms with van der Waals surface area (Å²) in [5.74, 6) is 0. The van der Waals surface area contributed by atoms with Crippen LogP contribution in [0.4, 0.5) is 0 Å². The first-order valence-electron chi connectivity index (χ1n) is 18.4. The summed E-state index contributed by atoms with van der Waals surface area (Å²) in [5, 5.41) is 5.19. The predicted octanol–water partition coefficient (Wildman–Crippen LogP) is 15.0. The molecule has 1 aliphatic rings. The van der Waals surface area contributed by atoms with Gasteiger partial charge in [0.15, 0.2) is 0 Å². The van der Waals surface area contributed by atoms with Crippen LogP contribution in [0.5, 0.6) is 0 Å². The summed E-state index contributed by atoms with van der Waals surface area (Å²) in [6.45, 7) is 4.00. The van der Waals surface area contributed by atoms with Gasteiger partial charge >= 0.3 is 0 Å². The van der Waals surface area contributed by atoms with Crippen molar-refractivity contribution in [3.63, 3.8) is 0 Å². The van der Waals surface area contributed by atoms with Crippen LogP contribution < -0.4 is 0 Å². The highest BCUT2D eigenvalue weighted by atomic mass is 14.3. The van der Waals surface area contributed by atoms with Crippen molar-refractivity contribution >= 4 is 21.5 Å². The first-order chi connectivity index (χ1) is 25.8. The Morgan fingerprint density at radius 1 is 0.231 bits per heavy atom. The second-order valence-corrected chi connectivity index (χ2v) is 13.2. The first kappa shape index (κ1) is 31.5. The van der Waals surface area contributed by atoms with Crippen LogP contribution in [0.25, 0.3) is 99.4 Å². The van der Waals surface area contributed by atoms with Crippen molar-refractivity contribution in [2.75, 3.05) is 0 Å². The normalized spacial score (nSPS) is 11.3. The molecule has 0 heteroatoms. The van der Waals surface area contributed by atoms with E-state index in [0.29, 0.717) is 0 Å². The predicted molar refractivity (Wildman–Crippen MR) is 224 cm³/mol. The molecule has 246 valence electrons. The van der Waals surface area contributed by atoms with E-state index in [1.54, 1.807) is 0 Å². The van der Waals surface area contributed by atoms with E-state index in [2.05, 4.69) is 194 Å². The minimum absolute atomic E-state index is 1.22. The lowest BCUT2D eigenvalue weighted by Crippen LogP contribution is -1.93. The van der Waals surface area contributed by atoms with Crippen molar-refractivity contribution in [3.05, 3.63) is 194 Å². The largest absolute Gasteiger partial charge is 0.0683 e. The SMILES string of the molecule is CC.c1ccc(-c2ccc(-c3cccc(-c4ccc5c6c(cccc46)-c4c-5c(-c5ccccc5)c5ccccc5c4-c4ccccc4)c3)cc2)cc1. The van der Waals surface area contributed by atoms with Crippen LogP contribution in [0.15, 0.2) is 194 Å². The molecular formula is C52H38. The molecule has 0 heterocycles. The number of benzene rings is 9. The van der Waals surface area contributed by atoms with Gasteiger partial charge in [-0.05, 0) is 105 Å². The summed E-state index contributed by atoms with van der Waals surface area (Å²) < 4.78 is 0. The molecule has 9 aromatic rings. The molecule has 0 amide bonds. The Kier molecular flexibility index (Phi) is 8.07. The molecule has 0 atom stereocenters. The lowest BCUT2D eigenvalue weighted by molar-refractivity contribution is 1.50. The molecule has 0 radical (unpaired) electrons. The van der Waals surface area contributed by atoms with E-state index in [4.69, 9.17) is 0 Å². The number of rotatable bonds is 5. The monoisotopic (exact) mass is 662 g/mol. The molecule has 0 aromatic heterocycles. The second-order valence-electron chi connectivity index (χ2n) is 13.2. The average molecular weight is 663 g/mol. The second kappa shape index (κ2) is 13.3. The van der Waals surface area contributed by atoms with E-state index in [1.165, 1.54) is 99.4 Å². The highest BCUT2D eigenvalue weighted by molar-refractivity contribution is 6.28. The molecule has 0 unspecified atom stereocenters. The van der Waals surface area contributed by atoms with Gasteiger partial charge in [0.1, 0.15) is 0 Å². The maximum atomic E-state index is 2.38. The Balaban J connectivity index is 0.00000177. The summed E-state index contributed by atoms with van der Waals surface area (Å²) in [6.07, 6.45) is 0. The lowest BCUT2D eigenvalue weighted by atomic mass is 9.82. The van der Waals surface area contributed by atoms with E-state index in [9.17, 15) is 0 Å². The van der Waals surface area contributed by atoms with Gasteiger partial charge in [-0.25, -0.2) is 0 Å². The fourth-order valence-electron chi connectivity index (χ4n) is 8.21. The van der Waals surface area contributed by atoms with Gasteiger partial charge in [0.25, 0.3) is 0 Å². The third-order valence-corrected chi connectivity index (χ3v) is 10.4. The molecule has 0 saturated heterocycles. The fourth-order valence-corrected chi connectivity index (χ4v) is 8.21. The molecule has 0 saturated carbocycles. The molecule has 10 rings (SSSR count). The van der Waals surface area contributed by atoms with Crippen LogP contribution in [-0.2, 0) is 0 Å². The van der Waals surface area contributed by atoms with Gasteiger partial charge in [-0.15, -0.1) is 0 Å². The van der Waals surface area contributed by atoms with Crippen molar-refractivity contribution in [2.45, 2.75) is 13.8 Å². The standard InChI is InChI=1S/C50H32.C2H6/c1-4-14-33(15-5-1)34-26-28-35(29-27-34)38-20-12-21-39(32-38)40-30-31-45-48-41(40)24-13-25-44(48)49-46(36-16-6-2-7-17-36)42-22-10-11-23-43(42)47(50(45)49)37-18-8-3-9-19-37;1-2/h1-32H;1-2H3. The van der Waals surface area contributed by atoms with Crippen LogP contribution in [0.2, 0.25) is 0 Å². The molecule has 0 bridgehead atoms. The number of hydrogen-bond acceptors (Lipinski definition) is 0. The Bertz CT molecular complexity index is 2610. The van der Waals surface area contributed by atoms with Gasteiger partial charge < -0.3 is 0 Å². The molecule has 9 aromatic carbocycles. The Labute approximate surface area is 306 Å². The maximum Gasteiger partial charge on any atom is -0.000741 e. The fraction of sp³-hybridized carbons (Fsp3) is 0.0385. The third kappa shape index (κ3) is 5.15. The molecule has 0 N–H and O–H groups in total. The van der Waals surface area contributed by atoms with E-state index in [-0.39, 0.29) is 0 Å². The number of fused-ring (bicyclic) bond motifs is 4. The number of hydrogen-bond donors (Lipinski definition) is 0. The van der Waals surface area contributed by atoms with Gasteiger partial charge in [-0.1, -0.05) is 202 Å². The van der Waals surface area contributed by atoms with Crippen LogP contribution in [0.3, 0.4) is 0 Å². The Morgan fingerprint density at radius 2 is 0.615 bits per heavy atom. The molecule has 1 aliphatic carbocycles. The van der Waals surface area contributed by atoms with Gasteiger partial charge in [-0.3, -0.25) is 0 Å². The molecule has 0 nitrogen and oxygen atoms in total. The van der Waals surface area contributed by atoms with Gasteiger partial charge in [0, 0.05) is 0 Å². The Hall–Kier alpha value is -6.50. The van der Waals surface area contributed by atoms with E-state index < -0.39 is 0 Å². The van der Waals surface area contributed by atoms with E-state index in [1.807, 2.05) is 13.8 Å². The lowest BCUT2D eigenvalue weighted by Gasteiger charge is -2.20. The molecule has 0 fully saturated rings. The van der Waals surface area contributed by atoms with Crippen LogP contribution in [-0.4, -0.2) is 0 Å². The zero-order valence-corrected chi connectivity index (χ0v) is 29.5. The van der Waals surface area contributed by atoms with E-state index in [0.717, 1.165) is 0 Å². The first-order valence-corrected chi connectivity index (χ1v) is 18.4. The third-order valence-electron chi connectivity index (χ3n) is 10.4. The zero-order valence-electron chi connectivity index (χ0n) is 29.5. The smallest absolute Gasteiger partial charge is 0.000741 e. The minimum Gasteiger partial charge on any atom is -0.0683 e. The topological polar surface area (TPSA) is 0 Å². The van der Waals surface area contributed by atoms with Crippen molar-refractivity contribution in [1.82, 2.24) is 0 Å². The van der Waals surface area contributed by atoms with Crippen molar-refractivity contribution in [2.24, 2.45) is 0 Å². The summed E-state index contributed by atoms with van der Waals surface area (Å²) >= 11 is 0. The molecular weight excluding hydrogens is 625 g/mol. The molecule has 0 aliphatic heterocycles. The van der Waals surface area contributed by atoms with Crippen molar-refractivity contribution in [3.8, 4) is 77.9 Å². The molecule has 0 spiro atoms. The zero-order chi connectivity index (χ0) is 35.0. The Morgan fingerprint density at radius 3 is 1.19 bits per heavy atom. The highest BCUT2D eigenvalue weighted by Gasteiger charge is 2.31. The van der Waals surface area contributed by atoms with Gasteiger partial charge in [0.05, 0.1) is 0 Å². The summed E-state index contributed by atoms with van der Waals surface area (Å²) in [7, 11) is 0.